The molecule has 6 aromatic rings. The number of anilines is 4. The van der Waals surface area contributed by atoms with E-state index in [2.05, 4.69) is 79.7 Å². The van der Waals surface area contributed by atoms with Gasteiger partial charge in [0.15, 0.2) is 0 Å². The van der Waals surface area contributed by atoms with Crippen LogP contribution in [0.25, 0.3) is 0 Å². The molecule has 0 aliphatic carbocycles. The van der Waals surface area contributed by atoms with E-state index in [1.807, 2.05) is 12.1 Å². The fourth-order valence-corrected chi connectivity index (χ4v) is 10.2. The van der Waals surface area contributed by atoms with E-state index in [4.69, 9.17) is 26.6 Å². The molecule has 2 unspecified atom stereocenters. The summed E-state index contributed by atoms with van der Waals surface area (Å²) in [6.07, 6.45) is -27.2. The predicted octanol–water partition coefficient (Wildman–Crippen LogP) is 17.1. The van der Waals surface area contributed by atoms with Crippen molar-refractivity contribution in [3.8, 4) is 24.3 Å². The van der Waals surface area contributed by atoms with Gasteiger partial charge in [0.2, 0.25) is 0 Å². The maximum atomic E-state index is 14.9. The highest BCUT2D eigenvalue weighted by Crippen LogP contribution is 2.61. The molecule has 468 valence electrons. The minimum Gasteiger partial charge on any atom is -0.478 e. The molecule has 6 aromatic carbocycles. The second-order valence-corrected chi connectivity index (χ2v) is 21.2. The Bertz CT molecular complexity index is 3940. The number of nitrogens with two attached hydrogens (primary N) is 1. The lowest BCUT2D eigenvalue weighted by atomic mass is 9.87. The second kappa shape index (κ2) is 27.2. The summed E-state index contributed by atoms with van der Waals surface area (Å²) in [5, 5.41) is 51.2. The van der Waals surface area contributed by atoms with E-state index in [0.717, 1.165) is 24.3 Å². The van der Waals surface area contributed by atoms with Gasteiger partial charge < -0.3 is 26.8 Å². The van der Waals surface area contributed by atoms with Crippen molar-refractivity contribution < 1.29 is 103 Å². The number of hydrogen-bond acceptors (Lipinski definition) is 9. The van der Waals surface area contributed by atoms with Crippen LogP contribution in [0.1, 0.15) is 85.9 Å². The maximum absolute atomic E-state index is 14.9. The van der Waals surface area contributed by atoms with Crippen LogP contribution in [0, 0.1) is 59.2 Å². The van der Waals surface area contributed by atoms with Gasteiger partial charge in [-0.05, 0) is 186 Å². The van der Waals surface area contributed by atoms with Crippen molar-refractivity contribution >= 4 is 110 Å². The molecule has 0 saturated heterocycles. The number of aromatic carboxylic acids is 1. The highest BCUT2D eigenvalue weighted by Gasteiger charge is 2.83. The Hall–Kier alpha value is -8.38. The number of benzene rings is 6. The molecule has 0 aromatic heterocycles. The molecular formula is C54H28Br4F18N8O5. The number of halogens is 22. The summed E-state index contributed by atoms with van der Waals surface area (Å²) in [6.45, 7) is 3.22. The third-order valence-corrected chi connectivity index (χ3v) is 14.5. The summed E-state index contributed by atoms with van der Waals surface area (Å²) < 4.78 is 239. The number of hydrogen-bond donors (Lipinski definition) is 5. The van der Waals surface area contributed by atoms with Crippen LogP contribution >= 0.6 is 63.7 Å². The van der Waals surface area contributed by atoms with E-state index in [9.17, 15) is 103 Å². The van der Waals surface area contributed by atoms with Crippen LogP contribution in [0.3, 0.4) is 0 Å². The molecule has 0 spiro atoms. The summed E-state index contributed by atoms with van der Waals surface area (Å²) in [6, 6.07) is 22.9. The third-order valence-electron chi connectivity index (χ3n) is 12.0. The van der Waals surface area contributed by atoms with Gasteiger partial charge in [0.25, 0.3) is 17.7 Å². The highest BCUT2D eigenvalue weighted by atomic mass is 79.9. The minimum absolute atomic E-state index is 0.0118. The van der Waals surface area contributed by atoms with Crippen LogP contribution in [0.15, 0.2) is 115 Å². The first-order valence-corrected chi connectivity index (χ1v) is 26.3. The lowest BCUT2D eigenvalue weighted by Gasteiger charge is -2.36. The molecule has 13 nitrogen and oxygen atoms in total. The molecule has 0 radical (unpaired) electrons. The number of nitriles is 4. The number of carbonyl (C=O) groups excluding carboxylic acids is 3. The summed E-state index contributed by atoms with van der Waals surface area (Å²) in [5.74, 6) is -17.4. The highest BCUT2D eigenvalue weighted by molar-refractivity contribution is 9.11. The van der Waals surface area contributed by atoms with Crippen LogP contribution in [-0.4, -0.2) is 65.3 Å². The Morgan fingerprint density at radius 2 is 0.787 bits per heavy atom. The molecule has 2 atom stereocenters. The number of alkyl halides is 18. The maximum Gasteiger partial charge on any atom is 0.457 e. The lowest BCUT2D eigenvalue weighted by Crippen LogP contribution is -2.59. The van der Waals surface area contributed by atoms with Crippen LogP contribution in [-0.2, 0) is 11.3 Å². The molecule has 35 heteroatoms. The normalized spacial score (nSPS) is 13.1. The number of nitrogens with zero attached hydrogens (tertiary/aromatic N) is 4. The van der Waals surface area contributed by atoms with Crippen LogP contribution in [0.2, 0.25) is 0 Å². The first kappa shape index (κ1) is 73.1. The van der Waals surface area contributed by atoms with Gasteiger partial charge in [-0.15, -0.1) is 0 Å². The zero-order chi connectivity index (χ0) is 68.1. The molecule has 0 saturated carbocycles. The monoisotopic (exact) mass is 1530 g/mol. The lowest BCUT2D eigenvalue weighted by molar-refractivity contribution is -0.389. The van der Waals surface area contributed by atoms with Crippen LogP contribution in [0.4, 0.5) is 102 Å². The Morgan fingerprint density at radius 3 is 1.09 bits per heavy atom. The summed E-state index contributed by atoms with van der Waals surface area (Å²) in [4.78, 5) is 48.7. The van der Waals surface area contributed by atoms with Crippen molar-refractivity contribution in [2.45, 2.75) is 61.7 Å². The smallest absolute Gasteiger partial charge is 0.457 e. The molecule has 0 aliphatic rings. The van der Waals surface area contributed by atoms with E-state index in [-0.39, 0.29) is 74.6 Å². The van der Waals surface area contributed by atoms with E-state index < -0.39 is 112 Å². The fraction of sp³-hybridized carbons (Fsp3) is 0.185. The molecule has 0 heterocycles. The number of rotatable bonds is 11. The van der Waals surface area contributed by atoms with Gasteiger partial charge in [-0.25, -0.2) is 13.6 Å². The first-order chi connectivity index (χ1) is 40.7. The van der Waals surface area contributed by atoms with Gasteiger partial charge in [-0.2, -0.15) is 91.3 Å². The van der Waals surface area contributed by atoms with Crippen molar-refractivity contribution in [2.24, 2.45) is 0 Å². The third kappa shape index (κ3) is 15.2. The summed E-state index contributed by atoms with van der Waals surface area (Å²) in [7, 11) is 0. The fourth-order valence-electron chi connectivity index (χ4n) is 7.43. The quantitative estimate of drug-likeness (QED) is 0.0606. The molecule has 6 N–H and O–H groups in total. The molecule has 0 aliphatic heterocycles. The summed E-state index contributed by atoms with van der Waals surface area (Å²) in [5.41, 5.74) is -10.4. The Balaban J connectivity index is 0.000000328. The average molecular weight is 1530 g/mol. The Kier molecular flexibility index (Phi) is 22.3. The van der Waals surface area contributed by atoms with Gasteiger partial charge in [0, 0.05) is 45.7 Å². The molecule has 6 rings (SSSR count). The topological polar surface area (TPSA) is 246 Å². The average Bonchev–Trinajstić information content (AvgIpc) is 0.875. The first-order valence-electron chi connectivity index (χ1n) is 23.1. The van der Waals surface area contributed by atoms with E-state index in [1.54, 1.807) is 32.1 Å². The predicted molar refractivity (Wildman–Crippen MR) is 293 cm³/mol. The van der Waals surface area contributed by atoms with Gasteiger partial charge >= 0.3 is 53.9 Å². The van der Waals surface area contributed by atoms with Gasteiger partial charge in [-0.1, -0.05) is 0 Å². The Labute approximate surface area is 521 Å². The van der Waals surface area contributed by atoms with Gasteiger partial charge in [0.05, 0.1) is 62.7 Å². The van der Waals surface area contributed by atoms with Gasteiger partial charge in [0.1, 0.15) is 12.1 Å². The molecule has 89 heavy (non-hydrogen) atoms. The number of amides is 3. The summed E-state index contributed by atoms with van der Waals surface area (Å²) >= 11 is 10.6. The molecule has 0 bridgehead atoms. The minimum atomic E-state index is -6.93. The number of carboxylic acid groups (broad SMARTS) is 1. The zero-order valence-electron chi connectivity index (χ0n) is 43.5. The number of nitrogens with one attached hydrogen (secondary N) is 3. The Morgan fingerprint density at radius 1 is 0.438 bits per heavy atom. The van der Waals surface area contributed by atoms with Crippen molar-refractivity contribution in [2.75, 3.05) is 21.7 Å². The SMILES string of the molecule is Cc1cc(C#N)ccc1C(=O)Nc1cc(C(=O)Nc2c(Br)cc(C(F)(C(F)(F)F)C(F)(F)C(F)(F)F)cc2Br)ccc1C#N.Cc1cc(C#N)ccc1C(=O)O.N#Cc1ccc(C(=O)Nc2c(Br)cc(C(F)(C(F)(F)F)C(F)(F)C(F)(F)F)cc2Br)cc1N. The number of carboxylic acids is 1. The van der Waals surface area contributed by atoms with Crippen LogP contribution < -0.4 is 21.7 Å². The number of carbonyl (C=O) groups is 4. The number of aryl methyl sites for hydroxylation is 2. The van der Waals surface area contributed by atoms with Gasteiger partial charge in [-0.3, -0.25) is 14.4 Å². The van der Waals surface area contributed by atoms with Crippen LogP contribution in [0.5, 0.6) is 0 Å². The molecule has 3 amide bonds. The van der Waals surface area contributed by atoms with Crippen molar-refractivity contribution in [1.29, 1.82) is 21.0 Å². The number of nitrogen functional groups attached to an aromatic ring is 1. The standard InChI is InChI=1S/C27H13Br2F9N4O2.C18H8Br2F9N3O.C9H7NO2/c1-12-6-13(10-39)2-5-17(12)23(44)41-20-7-14(3-4-15(20)11-40)22(43)42-21-18(28)8-16(9-19(21)29)24(30,26(33,34)35)25(31,32)27(36,37)38;19-10-4-9(15(21,17(24,25)26)16(22,23)18(27,28)29)5-11(20)13(10)32-14(33)7-1-2-8(6-30)12(31)3-7;1-6-4-7(5-10)2-3-8(6)9(11)12/h2-9H,1H3,(H,41,44)(H,42,43);1-5H,31H2,(H,32,33);2-4H,1H3,(H,11,12). The van der Waals surface area contributed by atoms with E-state index in [0.29, 0.717) is 16.7 Å². The van der Waals surface area contributed by atoms with Crippen molar-refractivity contribution in [3.63, 3.8) is 0 Å². The van der Waals surface area contributed by atoms with Crippen molar-refractivity contribution in [3.05, 3.63) is 182 Å². The largest absolute Gasteiger partial charge is 0.478 e. The van der Waals surface area contributed by atoms with E-state index in [1.165, 1.54) is 42.5 Å². The second-order valence-electron chi connectivity index (χ2n) is 17.8. The molecule has 0 fully saturated rings. The molecular weight excluding hydrogens is 1500 g/mol. The van der Waals surface area contributed by atoms with Crippen molar-refractivity contribution in [1.82, 2.24) is 0 Å². The zero-order valence-corrected chi connectivity index (χ0v) is 49.8. The van der Waals surface area contributed by atoms with E-state index >= 15 is 0 Å².